The molecule has 3 aromatic rings. The second kappa shape index (κ2) is 7.31. The molecule has 6 nitrogen and oxygen atoms in total. The minimum atomic E-state index is -0.164. The second-order valence-electron chi connectivity index (χ2n) is 6.97. The summed E-state index contributed by atoms with van der Waals surface area (Å²) in [7, 11) is 0. The number of rotatable bonds is 3. The Morgan fingerprint density at radius 3 is 2.52 bits per heavy atom. The Kier molecular flexibility index (Phi) is 4.71. The molecule has 1 fully saturated rings. The number of aryl methyl sites for hydroxylation is 2. The summed E-state index contributed by atoms with van der Waals surface area (Å²) in [6.07, 6.45) is 5.34. The Morgan fingerprint density at radius 2 is 1.74 bits per heavy atom. The first-order valence-corrected chi connectivity index (χ1v) is 9.38. The number of carbonyl (C=O) groups excluding carboxylic acids is 1. The number of amides is 1. The average molecular weight is 361 g/mol. The molecular weight excluding hydrogens is 338 g/mol. The molecule has 4 rings (SSSR count). The van der Waals surface area contributed by atoms with Crippen molar-refractivity contribution in [2.75, 3.05) is 23.3 Å². The molecule has 0 unspecified atom stereocenters. The van der Waals surface area contributed by atoms with Crippen LogP contribution in [0.25, 0.3) is 11.0 Å². The lowest BCUT2D eigenvalue weighted by atomic mass is 10.1. The van der Waals surface area contributed by atoms with Crippen molar-refractivity contribution in [2.45, 2.75) is 33.1 Å². The molecule has 1 aliphatic heterocycles. The highest BCUT2D eigenvalue weighted by Gasteiger charge is 2.17. The van der Waals surface area contributed by atoms with E-state index in [4.69, 9.17) is 0 Å². The van der Waals surface area contributed by atoms with Crippen LogP contribution in [0, 0.1) is 13.8 Å². The summed E-state index contributed by atoms with van der Waals surface area (Å²) in [4.78, 5) is 28.7. The molecule has 3 heterocycles. The summed E-state index contributed by atoms with van der Waals surface area (Å²) in [5.74, 6) is 0.681. The normalized spacial score (nSPS) is 14.4. The van der Waals surface area contributed by atoms with Crippen molar-refractivity contribution in [3.63, 3.8) is 0 Å². The van der Waals surface area contributed by atoms with Gasteiger partial charge in [0.2, 0.25) is 0 Å². The van der Waals surface area contributed by atoms with Crippen LogP contribution in [0.5, 0.6) is 0 Å². The molecule has 6 heteroatoms. The highest BCUT2D eigenvalue weighted by Crippen LogP contribution is 2.26. The zero-order chi connectivity index (χ0) is 18.8. The van der Waals surface area contributed by atoms with E-state index in [0.717, 1.165) is 59.9 Å². The summed E-state index contributed by atoms with van der Waals surface area (Å²) in [5, 5.41) is 3.02. The number of hydrogen-bond acceptors (Lipinski definition) is 5. The third-order valence-corrected chi connectivity index (χ3v) is 5.03. The Hall–Kier alpha value is -3.02. The lowest BCUT2D eigenvalue weighted by Crippen LogP contribution is -2.31. The second-order valence-corrected chi connectivity index (χ2v) is 6.97. The average Bonchev–Trinajstić information content (AvgIpc) is 2.69. The van der Waals surface area contributed by atoms with Crippen LogP contribution in [-0.4, -0.2) is 33.9 Å². The van der Waals surface area contributed by atoms with Crippen LogP contribution in [0.4, 0.5) is 11.5 Å². The van der Waals surface area contributed by atoms with Crippen molar-refractivity contribution in [1.29, 1.82) is 0 Å². The third-order valence-electron chi connectivity index (χ3n) is 5.03. The van der Waals surface area contributed by atoms with Crippen LogP contribution in [0.2, 0.25) is 0 Å². The van der Waals surface area contributed by atoms with E-state index in [9.17, 15) is 4.79 Å². The van der Waals surface area contributed by atoms with Crippen molar-refractivity contribution < 1.29 is 4.79 Å². The molecule has 0 radical (unpaired) electrons. The molecule has 1 aliphatic rings. The van der Waals surface area contributed by atoms with Gasteiger partial charge in [0.25, 0.3) is 5.91 Å². The summed E-state index contributed by atoms with van der Waals surface area (Å²) in [6.45, 7) is 5.82. The van der Waals surface area contributed by atoms with Crippen LogP contribution < -0.4 is 10.2 Å². The van der Waals surface area contributed by atoms with Gasteiger partial charge in [0.15, 0.2) is 5.82 Å². The van der Waals surface area contributed by atoms with Crippen LogP contribution in [0.1, 0.15) is 41.0 Å². The highest BCUT2D eigenvalue weighted by molar-refractivity contribution is 6.07. The van der Waals surface area contributed by atoms with Gasteiger partial charge in [-0.15, -0.1) is 0 Å². The van der Waals surface area contributed by atoms with Gasteiger partial charge in [-0.05, 0) is 63.4 Å². The number of pyridine rings is 1. The van der Waals surface area contributed by atoms with Gasteiger partial charge >= 0.3 is 0 Å². The van der Waals surface area contributed by atoms with Gasteiger partial charge in [0.1, 0.15) is 0 Å². The lowest BCUT2D eigenvalue weighted by molar-refractivity contribution is 0.102. The Bertz CT molecular complexity index is 995. The Labute approximate surface area is 158 Å². The zero-order valence-corrected chi connectivity index (χ0v) is 15.7. The van der Waals surface area contributed by atoms with Gasteiger partial charge in [-0.1, -0.05) is 0 Å². The van der Waals surface area contributed by atoms with Crippen molar-refractivity contribution in [1.82, 2.24) is 15.0 Å². The van der Waals surface area contributed by atoms with E-state index >= 15 is 0 Å². The topological polar surface area (TPSA) is 71.0 Å². The molecule has 1 amide bonds. The van der Waals surface area contributed by atoms with Gasteiger partial charge in [-0.25, -0.2) is 15.0 Å². The van der Waals surface area contributed by atoms with E-state index in [0.29, 0.717) is 5.56 Å². The third kappa shape index (κ3) is 3.60. The quantitative estimate of drug-likeness (QED) is 0.766. The summed E-state index contributed by atoms with van der Waals surface area (Å²) in [6, 6.07) is 9.18. The van der Waals surface area contributed by atoms with E-state index < -0.39 is 0 Å². The van der Waals surface area contributed by atoms with Crippen molar-refractivity contribution in [3.8, 4) is 0 Å². The standard InChI is InChI=1S/C21H23N5O/c1-14-15(2)24-19-13-16(8-9-17(19)23-14)21(27)25-18-7-6-10-22-20(18)26-11-4-3-5-12-26/h6-10,13H,3-5,11-12H2,1-2H3,(H,25,27). The smallest absolute Gasteiger partial charge is 0.255 e. The molecule has 1 aromatic carbocycles. The maximum absolute atomic E-state index is 12.8. The zero-order valence-electron chi connectivity index (χ0n) is 15.7. The van der Waals surface area contributed by atoms with Crippen molar-refractivity contribution in [3.05, 3.63) is 53.5 Å². The molecule has 0 atom stereocenters. The van der Waals surface area contributed by atoms with Gasteiger partial charge in [0.05, 0.1) is 28.1 Å². The molecule has 138 valence electrons. The number of carbonyl (C=O) groups is 1. The van der Waals surface area contributed by atoms with Crippen molar-refractivity contribution in [2.24, 2.45) is 0 Å². The Morgan fingerprint density at radius 1 is 1.00 bits per heavy atom. The van der Waals surface area contributed by atoms with Crippen LogP contribution in [-0.2, 0) is 0 Å². The van der Waals surface area contributed by atoms with Crippen molar-refractivity contribution >= 4 is 28.4 Å². The fourth-order valence-electron chi connectivity index (χ4n) is 3.42. The Balaban J connectivity index is 1.61. The number of hydrogen-bond donors (Lipinski definition) is 1. The molecule has 0 aliphatic carbocycles. The maximum Gasteiger partial charge on any atom is 0.255 e. The fraction of sp³-hybridized carbons (Fsp3) is 0.333. The van der Waals surface area contributed by atoms with E-state index in [2.05, 4.69) is 25.2 Å². The van der Waals surface area contributed by atoms with Gasteiger partial charge in [-0.3, -0.25) is 4.79 Å². The molecule has 0 saturated carbocycles. The summed E-state index contributed by atoms with van der Waals surface area (Å²) >= 11 is 0. The monoisotopic (exact) mass is 361 g/mol. The first kappa shape index (κ1) is 17.4. The molecule has 0 bridgehead atoms. The maximum atomic E-state index is 12.8. The predicted molar refractivity (Wildman–Crippen MR) is 107 cm³/mol. The molecule has 1 saturated heterocycles. The van der Waals surface area contributed by atoms with E-state index in [1.165, 1.54) is 6.42 Å². The summed E-state index contributed by atoms with van der Waals surface area (Å²) in [5.41, 5.74) is 4.61. The minimum Gasteiger partial charge on any atom is -0.355 e. The minimum absolute atomic E-state index is 0.164. The number of piperidine rings is 1. The lowest BCUT2D eigenvalue weighted by Gasteiger charge is -2.29. The van der Waals surface area contributed by atoms with E-state index in [1.807, 2.05) is 32.0 Å². The van der Waals surface area contributed by atoms with Crippen LogP contribution in [0.15, 0.2) is 36.5 Å². The molecule has 0 spiro atoms. The van der Waals surface area contributed by atoms with Gasteiger partial charge in [0, 0.05) is 24.8 Å². The number of anilines is 2. The highest BCUT2D eigenvalue weighted by atomic mass is 16.1. The largest absolute Gasteiger partial charge is 0.355 e. The van der Waals surface area contributed by atoms with Crippen LogP contribution >= 0.6 is 0 Å². The number of nitrogens with zero attached hydrogens (tertiary/aromatic N) is 4. The number of nitrogens with one attached hydrogen (secondary N) is 1. The molecular formula is C21H23N5O. The predicted octanol–water partition coefficient (Wildman–Crippen LogP) is 3.88. The number of fused-ring (bicyclic) bond motifs is 1. The number of benzene rings is 1. The summed E-state index contributed by atoms with van der Waals surface area (Å²) < 4.78 is 0. The van der Waals surface area contributed by atoms with Gasteiger partial charge in [-0.2, -0.15) is 0 Å². The number of aromatic nitrogens is 3. The fourth-order valence-corrected chi connectivity index (χ4v) is 3.42. The van der Waals surface area contributed by atoms with Crippen LogP contribution in [0.3, 0.4) is 0 Å². The molecule has 27 heavy (non-hydrogen) atoms. The molecule has 2 aromatic heterocycles. The van der Waals surface area contributed by atoms with Gasteiger partial charge < -0.3 is 10.2 Å². The van der Waals surface area contributed by atoms with E-state index in [1.54, 1.807) is 18.3 Å². The first-order chi connectivity index (χ1) is 13.1. The van der Waals surface area contributed by atoms with E-state index in [-0.39, 0.29) is 5.91 Å². The SMILES string of the molecule is Cc1nc2ccc(C(=O)Nc3cccnc3N3CCCCC3)cc2nc1C. The first-order valence-electron chi connectivity index (χ1n) is 9.38. The molecule has 1 N–H and O–H groups in total.